The van der Waals surface area contributed by atoms with E-state index in [9.17, 15) is 43.2 Å². The van der Waals surface area contributed by atoms with Crippen molar-refractivity contribution in [1.29, 1.82) is 0 Å². The van der Waals surface area contributed by atoms with E-state index >= 15 is 0 Å². The number of aliphatic hydroxyl groups is 1. The van der Waals surface area contributed by atoms with Crippen molar-refractivity contribution < 1.29 is 80.2 Å². The van der Waals surface area contributed by atoms with Crippen molar-refractivity contribution in [1.82, 2.24) is 0 Å². The quantitative estimate of drug-likeness (QED) is 0.0222. The molecule has 0 fully saturated rings. The summed E-state index contributed by atoms with van der Waals surface area (Å²) in [6.07, 6.45) is 69.1. The molecule has 0 aliphatic carbocycles. The number of ether oxygens (including phenoxy) is 4. The maximum Gasteiger partial charge on any atom is 0.472 e. The molecule has 0 amide bonds. The normalized spacial score (nSPS) is 14.1. The monoisotopic (exact) mass is 1540 g/mol. The Morgan fingerprint density at radius 3 is 0.724 bits per heavy atom. The minimum atomic E-state index is -4.97. The maximum atomic E-state index is 13.1. The number of hydrogen-bond acceptors (Lipinski definition) is 15. The number of rotatable bonds is 85. The highest BCUT2D eigenvalue weighted by Crippen LogP contribution is 2.45. The summed E-state index contributed by atoms with van der Waals surface area (Å²) in [5.41, 5.74) is 0. The summed E-state index contributed by atoms with van der Waals surface area (Å²) in [4.78, 5) is 73.3. The molecule has 0 spiro atoms. The molecule has 0 heterocycles. The van der Waals surface area contributed by atoms with Crippen LogP contribution in [0.15, 0.2) is 0 Å². The van der Waals surface area contributed by atoms with Gasteiger partial charge in [-0.2, -0.15) is 0 Å². The Bertz CT molecular complexity index is 2010. The van der Waals surface area contributed by atoms with E-state index in [-0.39, 0.29) is 25.7 Å². The number of phosphoric ester groups is 2. The number of esters is 4. The van der Waals surface area contributed by atoms with Crippen LogP contribution in [0, 0.1) is 11.8 Å². The van der Waals surface area contributed by atoms with Gasteiger partial charge in [0.25, 0.3) is 0 Å². The third-order valence-electron chi connectivity index (χ3n) is 20.6. The SMILES string of the molecule is CCCCCCCCCCCCCCCCCCCC(=O)O[C@H](COC(=O)CCCCCCCCCCCCCCC)COP(=O)(O)OC[C@H](O)COP(=O)(O)OC[C@@H](COC(=O)CCCCCCCCCCCCCCCCC(C)C)OC(=O)CCCCCCCCCCCCCCCCC(C)CC. The average molecular weight is 1540 g/mol. The molecule has 0 aliphatic rings. The summed E-state index contributed by atoms with van der Waals surface area (Å²) >= 11 is 0. The number of phosphoric acid groups is 2. The van der Waals surface area contributed by atoms with Gasteiger partial charge >= 0.3 is 39.5 Å². The molecule has 624 valence electrons. The molecule has 3 N–H and O–H groups in total. The molecule has 6 atom stereocenters. The van der Waals surface area contributed by atoms with Crippen LogP contribution < -0.4 is 0 Å². The van der Waals surface area contributed by atoms with Crippen LogP contribution in [0.2, 0.25) is 0 Å². The molecule has 0 bridgehead atoms. The Hall–Kier alpha value is -1.94. The van der Waals surface area contributed by atoms with Crippen LogP contribution in [0.3, 0.4) is 0 Å². The van der Waals surface area contributed by atoms with E-state index in [0.29, 0.717) is 25.7 Å². The van der Waals surface area contributed by atoms with Crippen LogP contribution in [0.1, 0.15) is 459 Å². The van der Waals surface area contributed by atoms with Gasteiger partial charge in [0.1, 0.15) is 19.3 Å². The van der Waals surface area contributed by atoms with E-state index in [1.807, 2.05) is 0 Å². The molecule has 0 aromatic rings. The number of carbonyl (C=O) groups is 4. The van der Waals surface area contributed by atoms with Gasteiger partial charge < -0.3 is 33.8 Å². The van der Waals surface area contributed by atoms with Crippen LogP contribution in [0.5, 0.6) is 0 Å². The molecule has 0 radical (unpaired) electrons. The Labute approximate surface area is 645 Å². The van der Waals surface area contributed by atoms with E-state index in [1.165, 1.54) is 276 Å². The van der Waals surface area contributed by atoms with Gasteiger partial charge in [0.15, 0.2) is 12.2 Å². The highest BCUT2D eigenvalue weighted by molar-refractivity contribution is 7.47. The van der Waals surface area contributed by atoms with Crippen LogP contribution in [0.25, 0.3) is 0 Å². The summed E-state index contributed by atoms with van der Waals surface area (Å²) in [6.45, 7) is 9.76. The summed E-state index contributed by atoms with van der Waals surface area (Å²) in [5.74, 6) is -0.454. The zero-order valence-corrected chi connectivity index (χ0v) is 70.8. The third-order valence-corrected chi connectivity index (χ3v) is 22.5. The lowest BCUT2D eigenvalue weighted by atomic mass is 9.99. The lowest BCUT2D eigenvalue weighted by Gasteiger charge is -2.21. The Kier molecular flexibility index (Phi) is 76.0. The maximum absolute atomic E-state index is 13.1. The fraction of sp³-hybridized carbons (Fsp3) is 0.953. The molecule has 0 aliphatic heterocycles. The second-order valence-corrected chi connectivity index (χ2v) is 34.6. The molecule has 0 saturated carbocycles. The topological polar surface area (TPSA) is 237 Å². The van der Waals surface area contributed by atoms with Crippen molar-refractivity contribution in [2.45, 2.75) is 477 Å². The molecule has 0 saturated heterocycles. The second kappa shape index (κ2) is 77.4. The van der Waals surface area contributed by atoms with Crippen LogP contribution in [0.4, 0.5) is 0 Å². The molecule has 19 heteroatoms. The van der Waals surface area contributed by atoms with E-state index < -0.39 is 97.5 Å². The average Bonchev–Trinajstić information content (AvgIpc) is 0.905. The molecule has 17 nitrogen and oxygen atoms in total. The molecule has 0 rings (SSSR count). The van der Waals surface area contributed by atoms with Gasteiger partial charge in [-0.05, 0) is 37.5 Å². The van der Waals surface area contributed by atoms with Crippen LogP contribution in [-0.2, 0) is 65.4 Å². The van der Waals surface area contributed by atoms with E-state index in [1.54, 1.807) is 0 Å². The first-order chi connectivity index (χ1) is 50.9. The third kappa shape index (κ3) is 78.5. The van der Waals surface area contributed by atoms with Gasteiger partial charge in [-0.1, -0.05) is 408 Å². The number of aliphatic hydroxyl groups excluding tert-OH is 1. The lowest BCUT2D eigenvalue weighted by Crippen LogP contribution is -2.30. The minimum Gasteiger partial charge on any atom is -0.462 e. The van der Waals surface area contributed by atoms with E-state index in [0.717, 1.165) is 102 Å². The molecule has 0 aromatic carbocycles. The summed E-state index contributed by atoms with van der Waals surface area (Å²) in [5, 5.41) is 10.7. The predicted molar refractivity (Wildman–Crippen MR) is 432 cm³/mol. The number of carbonyl (C=O) groups excluding carboxylic acids is 4. The standard InChI is InChI=1S/C86H168O17P2/c1-7-10-12-14-16-18-20-22-23-24-25-34-40-46-52-58-64-70-85(90)102-81(74-96-83(88)68-62-56-50-44-38-30-21-19-17-15-13-11-8-2)76-100-104(92,93)98-72-80(87)73-99-105(94,95)101-77-82(75-97-84(89)69-63-57-51-45-39-33-28-26-31-36-42-48-54-60-66-78(4)5)103-86(91)71-65-59-53-47-41-35-29-27-32-37-43-49-55-61-67-79(6)9-3/h78-82,87H,7-77H2,1-6H3,(H,92,93)(H,94,95)/t79?,80-,81+,82+/m0/s1. The van der Waals surface area contributed by atoms with Gasteiger partial charge in [0.05, 0.1) is 26.4 Å². The molecule has 0 aromatic heterocycles. The smallest absolute Gasteiger partial charge is 0.462 e. The van der Waals surface area contributed by atoms with Crippen molar-refractivity contribution in [2.24, 2.45) is 11.8 Å². The van der Waals surface area contributed by atoms with Crippen LogP contribution in [-0.4, -0.2) is 96.7 Å². The zero-order valence-electron chi connectivity index (χ0n) is 69.0. The molecular formula is C86H168O17P2. The van der Waals surface area contributed by atoms with Gasteiger partial charge in [0, 0.05) is 25.7 Å². The van der Waals surface area contributed by atoms with Gasteiger partial charge in [-0.25, -0.2) is 9.13 Å². The Morgan fingerprint density at radius 2 is 0.486 bits per heavy atom. The zero-order chi connectivity index (χ0) is 77.1. The van der Waals surface area contributed by atoms with E-state index in [2.05, 4.69) is 41.5 Å². The fourth-order valence-corrected chi connectivity index (χ4v) is 15.0. The molecular weight excluding hydrogens is 1370 g/mol. The van der Waals surface area contributed by atoms with Crippen LogP contribution >= 0.6 is 15.6 Å². The molecule has 105 heavy (non-hydrogen) atoms. The lowest BCUT2D eigenvalue weighted by molar-refractivity contribution is -0.161. The fourth-order valence-electron chi connectivity index (χ4n) is 13.4. The summed E-state index contributed by atoms with van der Waals surface area (Å²) in [7, 11) is -9.93. The largest absolute Gasteiger partial charge is 0.472 e. The summed E-state index contributed by atoms with van der Waals surface area (Å²) < 4.78 is 69.0. The summed E-state index contributed by atoms with van der Waals surface area (Å²) in [6, 6.07) is 0. The number of hydrogen-bond donors (Lipinski definition) is 3. The Morgan fingerprint density at radius 1 is 0.276 bits per heavy atom. The van der Waals surface area contributed by atoms with Crippen molar-refractivity contribution in [3.05, 3.63) is 0 Å². The highest BCUT2D eigenvalue weighted by Gasteiger charge is 2.30. The van der Waals surface area contributed by atoms with Gasteiger partial charge in [-0.15, -0.1) is 0 Å². The minimum absolute atomic E-state index is 0.108. The van der Waals surface area contributed by atoms with Crippen molar-refractivity contribution in [2.75, 3.05) is 39.6 Å². The highest BCUT2D eigenvalue weighted by atomic mass is 31.2. The Balaban J connectivity index is 5.27. The first-order valence-electron chi connectivity index (χ1n) is 44.5. The van der Waals surface area contributed by atoms with Crippen molar-refractivity contribution in [3.8, 4) is 0 Å². The molecule has 3 unspecified atom stereocenters. The number of unbranched alkanes of at least 4 members (excludes halogenated alkanes) is 54. The van der Waals surface area contributed by atoms with Gasteiger partial charge in [0.2, 0.25) is 0 Å². The van der Waals surface area contributed by atoms with Crippen molar-refractivity contribution in [3.63, 3.8) is 0 Å². The second-order valence-electron chi connectivity index (χ2n) is 31.6. The van der Waals surface area contributed by atoms with Crippen molar-refractivity contribution >= 4 is 39.5 Å². The predicted octanol–water partition coefficient (Wildman–Crippen LogP) is 26.2. The first kappa shape index (κ1) is 103. The van der Waals surface area contributed by atoms with E-state index in [4.69, 9.17) is 37.0 Å². The first-order valence-corrected chi connectivity index (χ1v) is 47.5. The van der Waals surface area contributed by atoms with Gasteiger partial charge in [-0.3, -0.25) is 37.3 Å².